The van der Waals surface area contributed by atoms with E-state index < -0.39 is 5.79 Å². The summed E-state index contributed by atoms with van der Waals surface area (Å²) in [4.78, 5) is 0. The van der Waals surface area contributed by atoms with Crippen LogP contribution in [0.4, 0.5) is 5.69 Å². The van der Waals surface area contributed by atoms with Crippen molar-refractivity contribution in [1.29, 1.82) is 0 Å². The average Bonchev–Trinajstić information content (AvgIpc) is 2.42. The molecule has 1 aliphatic heterocycles. The lowest BCUT2D eigenvalue weighted by atomic mass is 10.1. The minimum absolute atomic E-state index is 0.193. The zero-order valence-electron chi connectivity index (χ0n) is 11.3. The van der Waals surface area contributed by atoms with Gasteiger partial charge in [0.15, 0.2) is 5.79 Å². The Morgan fingerprint density at radius 3 is 2.47 bits per heavy atom. The van der Waals surface area contributed by atoms with Gasteiger partial charge in [-0.3, -0.25) is 0 Å². The van der Waals surface area contributed by atoms with Crippen LogP contribution in [0.25, 0.3) is 10.8 Å². The maximum absolute atomic E-state index is 5.68. The predicted molar refractivity (Wildman–Crippen MR) is 77.3 cm³/mol. The van der Waals surface area contributed by atoms with E-state index in [9.17, 15) is 0 Å². The van der Waals surface area contributed by atoms with Crippen LogP contribution in [0.3, 0.4) is 0 Å². The molecule has 0 aromatic heterocycles. The summed E-state index contributed by atoms with van der Waals surface area (Å²) in [6.45, 7) is 5.22. The van der Waals surface area contributed by atoms with Crippen molar-refractivity contribution in [3.8, 4) is 0 Å². The number of ether oxygens (including phenoxy) is 2. The van der Waals surface area contributed by atoms with Gasteiger partial charge in [-0.05, 0) is 25.3 Å². The van der Waals surface area contributed by atoms with Gasteiger partial charge in [0.25, 0.3) is 0 Å². The van der Waals surface area contributed by atoms with Gasteiger partial charge >= 0.3 is 0 Å². The van der Waals surface area contributed by atoms with Crippen LogP contribution < -0.4 is 5.32 Å². The van der Waals surface area contributed by atoms with Crippen LogP contribution in [0.1, 0.15) is 13.8 Å². The zero-order chi connectivity index (χ0) is 13.3. The maximum atomic E-state index is 5.68. The molecular weight excluding hydrogens is 238 g/mol. The molecule has 0 aliphatic carbocycles. The van der Waals surface area contributed by atoms with Crippen molar-refractivity contribution in [1.82, 2.24) is 0 Å². The molecule has 0 radical (unpaired) electrons. The van der Waals surface area contributed by atoms with E-state index in [1.54, 1.807) is 0 Å². The first-order valence-electron chi connectivity index (χ1n) is 6.66. The van der Waals surface area contributed by atoms with Gasteiger partial charge in [-0.1, -0.05) is 36.4 Å². The Balaban J connectivity index is 1.79. The number of benzene rings is 2. The van der Waals surface area contributed by atoms with Crippen LogP contribution in [-0.2, 0) is 9.47 Å². The highest BCUT2D eigenvalue weighted by atomic mass is 16.7. The lowest BCUT2D eigenvalue weighted by Gasteiger charge is -2.35. The van der Waals surface area contributed by atoms with E-state index in [2.05, 4.69) is 47.8 Å². The first-order chi connectivity index (χ1) is 9.14. The molecule has 2 aromatic rings. The molecule has 0 spiro atoms. The van der Waals surface area contributed by atoms with Gasteiger partial charge in [0.05, 0.1) is 19.3 Å². The van der Waals surface area contributed by atoms with Crippen molar-refractivity contribution in [2.24, 2.45) is 0 Å². The van der Waals surface area contributed by atoms with Gasteiger partial charge in [-0.25, -0.2) is 0 Å². The molecule has 100 valence electrons. The summed E-state index contributed by atoms with van der Waals surface area (Å²) in [7, 11) is 0. The van der Waals surface area contributed by atoms with E-state index in [1.807, 2.05) is 13.8 Å². The van der Waals surface area contributed by atoms with E-state index >= 15 is 0 Å². The second-order valence-electron chi connectivity index (χ2n) is 5.39. The molecule has 3 heteroatoms. The third-order valence-corrected chi connectivity index (χ3v) is 3.41. The van der Waals surface area contributed by atoms with Gasteiger partial charge in [-0.2, -0.15) is 0 Å². The summed E-state index contributed by atoms with van der Waals surface area (Å²) in [5.74, 6) is -0.461. The topological polar surface area (TPSA) is 30.5 Å². The number of hydrogen-bond donors (Lipinski definition) is 1. The quantitative estimate of drug-likeness (QED) is 0.894. The summed E-state index contributed by atoms with van der Waals surface area (Å²) in [6, 6.07) is 14.9. The standard InChI is InChI=1S/C16H19NO2/c1-16(2)18-10-13(11-19-16)17-15-9-5-7-12-6-3-4-8-14(12)15/h3-9,13,17H,10-11H2,1-2H3. The van der Waals surface area contributed by atoms with Crippen LogP contribution in [0.2, 0.25) is 0 Å². The van der Waals surface area contributed by atoms with Crippen molar-refractivity contribution in [2.45, 2.75) is 25.7 Å². The van der Waals surface area contributed by atoms with Crippen LogP contribution in [0.15, 0.2) is 42.5 Å². The van der Waals surface area contributed by atoms with Crippen molar-refractivity contribution < 1.29 is 9.47 Å². The van der Waals surface area contributed by atoms with Gasteiger partial charge < -0.3 is 14.8 Å². The smallest absolute Gasteiger partial charge is 0.162 e. The normalized spacial score (nSPS) is 19.5. The molecule has 3 nitrogen and oxygen atoms in total. The summed E-state index contributed by atoms with van der Waals surface area (Å²) in [5, 5.41) is 5.98. The number of rotatable bonds is 2. The minimum atomic E-state index is -0.461. The van der Waals surface area contributed by atoms with Gasteiger partial charge in [0, 0.05) is 11.1 Å². The average molecular weight is 257 g/mol. The lowest BCUT2D eigenvalue weighted by Crippen LogP contribution is -2.45. The van der Waals surface area contributed by atoms with Gasteiger partial charge in [0.1, 0.15) is 0 Å². The van der Waals surface area contributed by atoms with Crippen molar-refractivity contribution in [3.05, 3.63) is 42.5 Å². The fraction of sp³-hybridized carbons (Fsp3) is 0.375. The van der Waals surface area contributed by atoms with Crippen molar-refractivity contribution in [3.63, 3.8) is 0 Å². The molecule has 19 heavy (non-hydrogen) atoms. The van der Waals surface area contributed by atoms with Crippen molar-refractivity contribution >= 4 is 16.5 Å². The summed E-state index contributed by atoms with van der Waals surface area (Å²) in [5.41, 5.74) is 1.13. The second kappa shape index (κ2) is 4.83. The van der Waals surface area contributed by atoms with Crippen LogP contribution in [0.5, 0.6) is 0 Å². The Hall–Kier alpha value is -1.58. The number of fused-ring (bicyclic) bond motifs is 1. The fourth-order valence-corrected chi connectivity index (χ4v) is 2.35. The molecule has 0 atom stereocenters. The Bertz CT molecular complexity index is 564. The minimum Gasteiger partial charge on any atom is -0.377 e. The van der Waals surface area contributed by atoms with Crippen LogP contribution in [-0.4, -0.2) is 25.0 Å². The Morgan fingerprint density at radius 1 is 1.00 bits per heavy atom. The van der Waals surface area contributed by atoms with Crippen molar-refractivity contribution in [2.75, 3.05) is 18.5 Å². The van der Waals surface area contributed by atoms with E-state index in [4.69, 9.17) is 9.47 Å². The third kappa shape index (κ3) is 2.72. The maximum Gasteiger partial charge on any atom is 0.162 e. The van der Waals surface area contributed by atoms with E-state index in [1.165, 1.54) is 10.8 Å². The fourth-order valence-electron chi connectivity index (χ4n) is 2.35. The molecule has 1 fully saturated rings. The Labute approximate surface area is 113 Å². The highest BCUT2D eigenvalue weighted by Crippen LogP contribution is 2.25. The SMILES string of the molecule is CC1(C)OCC(Nc2cccc3ccccc23)CO1. The molecule has 1 heterocycles. The molecular formula is C16H19NO2. The van der Waals surface area contributed by atoms with Crippen LogP contribution >= 0.6 is 0 Å². The predicted octanol–water partition coefficient (Wildman–Crippen LogP) is 3.40. The monoisotopic (exact) mass is 257 g/mol. The number of anilines is 1. The highest BCUT2D eigenvalue weighted by Gasteiger charge is 2.28. The third-order valence-electron chi connectivity index (χ3n) is 3.41. The van der Waals surface area contributed by atoms with E-state index in [0.717, 1.165) is 5.69 Å². The zero-order valence-corrected chi connectivity index (χ0v) is 11.3. The molecule has 0 saturated carbocycles. The first kappa shape index (κ1) is 12.5. The largest absolute Gasteiger partial charge is 0.377 e. The molecule has 3 rings (SSSR count). The van der Waals surface area contributed by atoms with Gasteiger partial charge in [-0.15, -0.1) is 0 Å². The highest BCUT2D eigenvalue weighted by molar-refractivity contribution is 5.93. The Morgan fingerprint density at radius 2 is 1.68 bits per heavy atom. The van der Waals surface area contributed by atoms with Gasteiger partial charge in [0.2, 0.25) is 0 Å². The molecule has 1 N–H and O–H groups in total. The molecule has 1 saturated heterocycles. The lowest BCUT2D eigenvalue weighted by molar-refractivity contribution is -0.247. The summed E-state index contributed by atoms with van der Waals surface area (Å²) in [6.07, 6.45) is 0. The van der Waals surface area contributed by atoms with Crippen LogP contribution in [0, 0.1) is 0 Å². The molecule has 0 unspecified atom stereocenters. The summed E-state index contributed by atoms with van der Waals surface area (Å²) >= 11 is 0. The van der Waals surface area contributed by atoms with E-state index in [-0.39, 0.29) is 6.04 Å². The summed E-state index contributed by atoms with van der Waals surface area (Å²) < 4.78 is 11.4. The number of nitrogens with one attached hydrogen (secondary N) is 1. The molecule has 0 amide bonds. The molecule has 1 aliphatic rings. The second-order valence-corrected chi connectivity index (χ2v) is 5.39. The molecule has 0 bridgehead atoms. The number of hydrogen-bond acceptors (Lipinski definition) is 3. The molecule has 2 aromatic carbocycles. The Kier molecular flexibility index (Phi) is 3.17. The first-order valence-corrected chi connectivity index (χ1v) is 6.66. The van der Waals surface area contributed by atoms with E-state index in [0.29, 0.717) is 13.2 Å².